The molecule has 2 rings (SSSR count). The van der Waals surface area contributed by atoms with Gasteiger partial charge in [-0.15, -0.1) is 11.8 Å². The number of thioether (sulfide) groups is 1. The van der Waals surface area contributed by atoms with E-state index in [2.05, 4.69) is 32.2 Å². The molecule has 0 unspecified atom stereocenters. The number of rotatable bonds is 2. The average molecular weight is 278 g/mol. The minimum absolute atomic E-state index is 0.124. The van der Waals surface area contributed by atoms with Crippen LogP contribution in [-0.2, 0) is 11.3 Å². The van der Waals surface area contributed by atoms with Crippen LogP contribution >= 0.6 is 11.8 Å². The molecule has 0 spiro atoms. The molecule has 0 fully saturated rings. The number of hydrogen-bond acceptors (Lipinski definition) is 3. The van der Waals surface area contributed by atoms with E-state index in [0.717, 1.165) is 25.3 Å². The Labute approximate surface area is 119 Å². The first kappa shape index (κ1) is 14.4. The van der Waals surface area contributed by atoms with E-state index in [-0.39, 0.29) is 10.7 Å². The number of carbonyl (C=O) groups excluding carboxylic acids is 1. The van der Waals surface area contributed by atoms with Crippen LogP contribution in [0.4, 0.5) is 5.69 Å². The summed E-state index contributed by atoms with van der Waals surface area (Å²) in [7, 11) is 0. The van der Waals surface area contributed by atoms with Gasteiger partial charge in [-0.1, -0.05) is 39.0 Å². The zero-order valence-electron chi connectivity index (χ0n) is 11.9. The van der Waals surface area contributed by atoms with E-state index < -0.39 is 0 Å². The smallest absolute Gasteiger partial charge is 0.237 e. The van der Waals surface area contributed by atoms with Crippen molar-refractivity contribution in [3.8, 4) is 0 Å². The summed E-state index contributed by atoms with van der Waals surface area (Å²) in [6.45, 7) is 8.86. The molecule has 1 heterocycles. The summed E-state index contributed by atoms with van der Waals surface area (Å²) in [6, 6.07) is 8.16. The molecule has 1 aromatic rings. The van der Waals surface area contributed by atoms with Crippen molar-refractivity contribution < 1.29 is 4.79 Å². The highest BCUT2D eigenvalue weighted by atomic mass is 32.2. The van der Waals surface area contributed by atoms with Crippen molar-refractivity contribution >= 4 is 23.4 Å². The Balaban J connectivity index is 2.13. The van der Waals surface area contributed by atoms with Gasteiger partial charge >= 0.3 is 0 Å². The Morgan fingerprint density at radius 1 is 1.37 bits per heavy atom. The van der Waals surface area contributed by atoms with E-state index in [1.807, 2.05) is 23.1 Å². The highest BCUT2D eigenvalue weighted by Gasteiger charge is 2.22. The SMILES string of the molecule is CC(C)(C)SCC(=O)N1CCNCc2ccccc21. The number of para-hydroxylation sites is 1. The maximum absolute atomic E-state index is 12.4. The molecule has 1 amide bonds. The first-order valence-electron chi connectivity index (χ1n) is 6.70. The predicted molar refractivity (Wildman–Crippen MR) is 82.7 cm³/mol. The summed E-state index contributed by atoms with van der Waals surface area (Å²) in [5.74, 6) is 0.744. The normalized spacial score (nSPS) is 15.8. The molecule has 1 aliphatic rings. The van der Waals surface area contributed by atoms with E-state index in [9.17, 15) is 4.79 Å². The van der Waals surface area contributed by atoms with Gasteiger partial charge in [0.1, 0.15) is 0 Å². The molecule has 0 saturated carbocycles. The minimum Gasteiger partial charge on any atom is -0.311 e. The van der Waals surface area contributed by atoms with Crippen molar-refractivity contribution in [3.05, 3.63) is 29.8 Å². The fourth-order valence-corrected chi connectivity index (χ4v) is 2.79. The third-order valence-electron chi connectivity index (χ3n) is 3.04. The van der Waals surface area contributed by atoms with Crippen LogP contribution in [0.1, 0.15) is 26.3 Å². The van der Waals surface area contributed by atoms with Crippen LogP contribution < -0.4 is 10.2 Å². The summed E-state index contributed by atoms with van der Waals surface area (Å²) in [4.78, 5) is 14.4. The second-order valence-corrected chi connectivity index (χ2v) is 7.55. The third-order valence-corrected chi connectivity index (χ3v) is 4.30. The third kappa shape index (κ3) is 3.98. The van der Waals surface area contributed by atoms with E-state index in [0.29, 0.717) is 5.75 Å². The van der Waals surface area contributed by atoms with Crippen LogP contribution in [0.2, 0.25) is 0 Å². The van der Waals surface area contributed by atoms with Gasteiger partial charge < -0.3 is 10.2 Å². The summed E-state index contributed by atoms with van der Waals surface area (Å²) in [6.07, 6.45) is 0. The number of nitrogens with one attached hydrogen (secondary N) is 1. The van der Waals surface area contributed by atoms with Crippen LogP contribution in [0.25, 0.3) is 0 Å². The monoisotopic (exact) mass is 278 g/mol. The van der Waals surface area contributed by atoms with Gasteiger partial charge in [0.15, 0.2) is 0 Å². The highest BCUT2D eigenvalue weighted by molar-refractivity contribution is 8.01. The van der Waals surface area contributed by atoms with Gasteiger partial charge in [-0.2, -0.15) is 0 Å². The van der Waals surface area contributed by atoms with Crippen molar-refractivity contribution in [2.75, 3.05) is 23.7 Å². The van der Waals surface area contributed by atoms with Crippen LogP contribution in [0, 0.1) is 0 Å². The first-order chi connectivity index (χ1) is 8.97. The number of amides is 1. The second kappa shape index (κ2) is 5.97. The second-order valence-electron chi connectivity index (χ2n) is 5.75. The van der Waals surface area contributed by atoms with Crippen LogP contribution in [0.5, 0.6) is 0 Å². The lowest BCUT2D eigenvalue weighted by molar-refractivity contribution is -0.116. The summed E-state index contributed by atoms with van der Waals surface area (Å²) >= 11 is 1.71. The van der Waals surface area contributed by atoms with Gasteiger partial charge in [0.05, 0.1) is 5.75 Å². The summed E-state index contributed by atoms with van der Waals surface area (Å²) < 4.78 is 0.124. The molecule has 0 atom stereocenters. The van der Waals surface area contributed by atoms with Crippen molar-refractivity contribution in [1.29, 1.82) is 0 Å². The molecule has 1 N–H and O–H groups in total. The molecule has 0 radical (unpaired) electrons. The van der Waals surface area contributed by atoms with Gasteiger partial charge in [-0.3, -0.25) is 4.79 Å². The molecule has 19 heavy (non-hydrogen) atoms. The van der Waals surface area contributed by atoms with Gasteiger partial charge in [-0.05, 0) is 11.6 Å². The Morgan fingerprint density at radius 2 is 2.11 bits per heavy atom. The molecule has 4 heteroatoms. The summed E-state index contributed by atoms with van der Waals surface area (Å²) in [5.41, 5.74) is 2.26. The molecule has 0 bridgehead atoms. The number of nitrogens with zero attached hydrogens (tertiary/aromatic N) is 1. The molecular formula is C15H22N2OS. The molecule has 0 aromatic heterocycles. The minimum atomic E-state index is 0.124. The lowest BCUT2D eigenvalue weighted by Gasteiger charge is -2.24. The fourth-order valence-electron chi connectivity index (χ4n) is 2.07. The Bertz CT molecular complexity index is 454. The van der Waals surface area contributed by atoms with Crippen molar-refractivity contribution in [1.82, 2.24) is 5.32 Å². The average Bonchev–Trinajstić information content (AvgIpc) is 2.57. The maximum atomic E-state index is 12.4. The molecule has 104 valence electrons. The number of hydrogen-bond donors (Lipinski definition) is 1. The number of anilines is 1. The van der Waals surface area contributed by atoms with E-state index in [4.69, 9.17) is 0 Å². The largest absolute Gasteiger partial charge is 0.311 e. The maximum Gasteiger partial charge on any atom is 0.237 e. The number of fused-ring (bicyclic) bond motifs is 1. The Kier molecular flexibility index (Phi) is 4.53. The molecule has 1 aromatic carbocycles. The zero-order valence-corrected chi connectivity index (χ0v) is 12.7. The molecular weight excluding hydrogens is 256 g/mol. The predicted octanol–water partition coefficient (Wildman–Crippen LogP) is 2.65. The van der Waals surface area contributed by atoms with Crippen molar-refractivity contribution in [3.63, 3.8) is 0 Å². The lowest BCUT2D eigenvalue weighted by Crippen LogP contribution is -2.36. The fraction of sp³-hybridized carbons (Fsp3) is 0.533. The van der Waals surface area contributed by atoms with E-state index in [1.165, 1.54) is 5.56 Å². The van der Waals surface area contributed by atoms with E-state index in [1.54, 1.807) is 11.8 Å². The Hall–Kier alpha value is -1.00. The number of carbonyl (C=O) groups is 1. The topological polar surface area (TPSA) is 32.3 Å². The molecule has 0 aliphatic carbocycles. The van der Waals surface area contributed by atoms with E-state index >= 15 is 0 Å². The van der Waals surface area contributed by atoms with Crippen LogP contribution in [0.15, 0.2) is 24.3 Å². The zero-order chi connectivity index (χ0) is 13.9. The van der Waals surface area contributed by atoms with Gasteiger partial charge in [0.25, 0.3) is 0 Å². The quantitative estimate of drug-likeness (QED) is 0.902. The van der Waals surface area contributed by atoms with Crippen molar-refractivity contribution in [2.45, 2.75) is 32.1 Å². The standard InChI is InChI=1S/C15H22N2OS/c1-15(2,3)19-11-14(18)17-9-8-16-10-12-6-4-5-7-13(12)17/h4-7,16H,8-11H2,1-3H3. The van der Waals surface area contributed by atoms with Gasteiger partial charge in [-0.25, -0.2) is 0 Å². The van der Waals surface area contributed by atoms with Crippen LogP contribution in [0.3, 0.4) is 0 Å². The molecule has 0 saturated heterocycles. The van der Waals surface area contributed by atoms with Gasteiger partial charge in [0.2, 0.25) is 5.91 Å². The first-order valence-corrected chi connectivity index (χ1v) is 7.69. The lowest BCUT2D eigenvalue weighted by atomic mass is 10.1. The molecule has 1 aliphatic heterocycles. The van der Waals surface area contributed by atoms with Crippen LogP contribution in [-0.4, -0.2) is 29.5 Å². The summed E-state index contributed by atoms with van der Waals surface area (Å²) in [5, 5.41) is 3.36. The number of benzene rings is 1. The molecule has 3 nitrogen and oxygen atoms in total. The van der Waals surface area contributed by atoms with Gasteiger partial charge in [0, 0.05) is 30.1 Å². The van der Waals surface area contributed by atoms with Crippen molar-refractivity contribution in [2.24, 2.45) is 0 Å². The highest BCUT2D eigenvalue weighted by Crippen LogP contribution is 2.26. The Morgan fingerprint density at radius 3 is 2.84 bits per heavy atom.